The van der Waals surface area contributed by atoms with Gasteiger partial charge in [0.2, 0.25) is 0 Å². The third-order valence-corrected chi connectivity index (χ3v) is 0.671. The molecular weight excluding hydrogens is 84.9 g/mol. The van der Waals surface area contributed by atoms with Gasteiger partial charge in [0.05, 0.1) is 0 Å². The molecule has 1 saturated heterocycles. The van der Waals surface area contributed by atoms with Gasteiger partial charge in [-0.05, 0) is 7.05 Å². The van der Waals surface area contributed by atoms with Crippen LogP contribution in [0.25, 0.3) is 0 Å². The van der Waals surface area contributed by atoms with Crippen molar-refractivity contribution in [1.82, 2.24) is 4.90 Å². The summed E-state index contributed by atoms with van der Waals surface area (Å²) in [4.78, 5) is 2.25. The summed E-state index contributed by atoms with van der Waals surface area (Å²) in [5.74, 6) is 0. The van der Waals surface area contributed by atoms with Gasteiger partial charge in [-0.3, -0.25) is 0 Å². The maximum absolute atomic E-state index is 2.25. The second-order valence-corrected chi connectivity index (χ2v) is 1.30. The summed E-state index contributed by atoms with van der Waals surface area (Å²) in [6.07, 6.45) is 0. The van der Waals surface area contributed by atoms with E-state index in [0.717, 1.165) is 0 Å². The van der Waals surface area contributed by atoms with E-state index in [4.69, 9.17) is 0 Å². The van der Waals surface area contributed by atoms with Crippen molar-refractivity contribution in [3.8, 4) is 0 Å². The number of hydrogen-bond acceptors (Lipinski definition) is 1. The molecule has 1 rings (SSSR count). The fraction of sp³-hybridized carbons (Fsp3) is 1.00. The van der Waals surface area contributed by atoms with Crippen LogP contribution in [0.5, 0.6) is 0 Å². The number of rotatable bonds is 0. The third-order valence-electron chi connectivity index (χ3n) is 0.671. The van der Waals surface area contributed by atoms with Gasteiger partial charge in [-0.25, -0.2) is 0 Å². The van der Waals surface area contributed by atoms with E-state index in [1.165, 1.54) is 13.1 Å². The van der Waals surface area contributed by atoms with Crippen LogP contribution < -0.4 is 0 Å². The first-order valence-corrected chi connectivity index (χ1v) is 2.58. The van der Waals surface area contributed by atoms with Crippen molar-refractivity contribution >= 4 is 8.41 Å². The van der Waals surface area contributed by atoms with Gasteiger partial charge in [-0.1, -0.05) is 13.8 Å². The van der Waals surface area contributed by atoms with Crippen LogP contribution in [0.1, 0.15) is 13.8 Å². The predicted octanol–water partition coefficient (Wildman–Crippen LogP) is 0.577. The van der Waals surface area contributed by atoms with E-state index in [-0.39, 0.29) is 8.41 Å². The minimum Gasteiger partial charge on any atom is -0.304 e. The molecule has 1 nitrogen and oxygen atoms in total. The minimum absolute atomic E-state index is 0. The molecule has 0 saturated carbocycles. The van der Waals surface area contributed by atoms with E-state index >= 15 is 0 Å². The van der Waals surface area contributed by atoms with Crippen LogP contribution in [0.4, 0.5) is 0 Å². The van der Waals surface area contributed by atoms with Crippen LogP contribution in [0.2, 0.25) is 0 Å². The second kappa shape index (κ2) is 6.02. The van der Waals surface area contributed by atoms with Crippen LogP contribution >= 0.6 is 0 Å². The van der Waals surface area contributed by atoms with Crippen LogP contribution in [-0.2, 0) is 0 Å². The molecule has 0 N–H and O–H groups in total. The lowest BCUT2D eigenvalue weighted by Gasteiger charge is -1.66. The molecule has 0 bridgehead atoms. The molecule has 41 valence electrons. The van der Waals surface area contributed by atoms with Crippen molar-refractivity contribution in [2.75, 3.05) is 20.1 Å². The van der Waals surface area contributed by atoms with Crippen molar-refractivity contribution < 1.29 is 0 Å². The predicted molar refractivity (Wildman–Crippen MR) is 34.6 cm³/mol. The van der Waals surface area contributed by atoms with Gasteiger partial charge in [-0.2, -0.15) is 0 Å². The van der Waals surface area contributed by atoms with Crippen molar-refractivity contribution in [2.24, 2.45) is 0 Å². The summed E-state index contributed by atoms with van der Waals surface area (Å²) in [7, 11) is 2.11. The van der Waals surface area contributed by atoms with Crippen LogP contribution in [0.3, 0.4) is 0 Å². The van der Waals surface area contributed by atoms with E-state index in [2.05, 4.69) is 11.9 Å². The molecule has 0 aromatic heterocycles. The Labute approximate surface area is 48.3 Å². The molecule has 0 spiro atoms. The standard InChI is InChI=1S/C3H7N.C2H6.B/c1-4-2-3-4;1-2;/h2-3H2,1H3;1-2H3;. The molecule has 1 aliphatic heterocycles. The normalized spacial score (nSPS) is 15.9. The Kier molecular flexibility index (Phi) is 8.69. The summed E-state index contributed by atoms with van der Waals surface area (Å²) in [6.45, 7) is 6.64. The molecule has 2 heteroatoms. The van der Waals surface area contributed by atoms with E-state index in [0.29, 0.717) is 0 Å². The summed E-state index contributed by atoms with van der Waals surface area (Å²) in [5.41, 5.74) is 0. The summed E-state index contributed by atoms with van der Waals surface area (Å²) in [5, 5.41) is 0. The quantitative estimate of drug-likeness (QED) is 0.316. The zero-order valence-corrected chi connectivity index (χ0v) is 5.44. The van der Waals surface area contributed by atoms with Crippen molar-refractivity contribution in [3.05, 3.63) is 0 Å². The maximum Gasteiger partial charge on any atom is 0.0107 e. The Bertz CT molecular complexity index is 27.3. The van der Waals surface area contributed by atoms with Gasteiger partial charge >= 0.3 is 0 Å². The number of hydrogen-bond donors (Lipinski definition) is 0. The molecule has 0 aliphatic carbocycles. The molecular formula is C5H13BN. The fourth-order valence-corrected chi connectivity index (χ4v) is 0.1000. The fourth-order valence-electron chi connectivity index (χ4n) is 0.1000. The Morgan fingerprint density at radius 1 is 1.14 bits per heavy atom. The Morgan fingerprint density at radius 3 is 1.29 bits per heavy atom. The zero-order chi connectivity index (χ0) is 4.99. The van der Waals surface area contributed by atoms with Crippen molar-refractivity contribution in [1.29, 1.82) is 0 Å². The van der Waals surface area contributed by atoms with E-state index in [9.17, 15) is 0 Å². The second-order valence-electron chi connectivity index (χ2n) is 1.30. The van der Waals surface area contributed by atoms with E-state index in [1.54, 1.807) is 0 Å². The molecule has 1 fully saturated rings. The molecule has 3 radical (unpaired) electrons. The zero-order valence-electron chi connectivity index (χ0n) is 5.44. The van der Waals surface area contributed by atoms with Gasteiger partial charge < -0.3 is 4.90 Å². The highest BCUT2D eigenvalue weighted by molar-refractivity contribution is 5.75. The number of nitrogens with zero attached hydrogens (tertiary/aromatic N) is 1. The van der Waals surface area contributed by atoms with E-state index < -0.39 is 0 Å². The minimum atomic E-state index is 0. The van der Waals surface area contributed by atoms with Crippen LogP contribution in [0, 0.1) is 0 Å². The highest BCUT2D eigenvalue weighted by atomic mass is 15.2. The first-order chi connectivity index (χ1) is 2.89. The topological polar surface area (TPSA) is 3.01 Å². The van der Waals surface area contributed by atoms with E-state index in [1.807, 2.05) is 13.8 Å². The maximum atomic E-state index is 2.25. The average molecular weight is 98.0 g/mol. The summed E-state index contributed by atoms with van der Waals surface area (Å²) < 4.78 is 0. The Morgan fingerprint density at radius 2 is 1.29 bits per heavy atom. The highest BCUT2D eigenvalue weighted by Gasteiger charge is 2.07. The molecule has 0 aromatic carbocycles. The molecule has 0 aromatic rings. The molecule has 0 unspecified atom stereocenters. The molecule has 7 heavy (non-hydrogen) atoms. The van der Waals surface area contributed by atoms with Gasteiger partial charge in [0.1, 0.15) is 0 Å². The third kappa shape index (κ3) is 10.7. The van der Waals surface area contributed by atoms with Crippen LogP contribution in [-0.4, -0.2) is 33.5 Å². The molecule has 0 amide bonds. The van der Waals surface area contributed by atoms with Crippen molar-refractivity contribution in [3.63, 3.8) is 0 Å². The molecule has 0 atom stereocenters. The monoisotopic (exact) mass is 98.1 g/mol. The lowest BCUT2D eigenvalue weighted by molar-refractivity contribution is 0.698. The molecule has 1 aliphatic rings. The van der Waals surface area contributed by atoms with Crippen molar-refractivity contribution in [2.45, 2.75) is 13.8 Å². The number of likely N-dealkylation sites (N-methyl/N-ethyl adjacent to an activating group) is 1. The van der Waals surface area contributed by atoms with Gasteiger partial charge in [0, 0.05) is 21.5 Å². The van der Waals surface area contributed by atoms with Gasteiger partial charge in [-0.15, -0.1) is 0 Å². The smallest absolute Gasteiger partial charge is 0.0107 e. The molecule has 1 heterocycles. The average Bonchev–Trinajstić information content (AvgIpc) is 2.30. The largest absolute Gasteiger partial charge is 0.304 e. The summed E-state index contributed by atoms with van der Waals surface area (Å²) in [6, 6.07) is 0. The highest BCUT2D eigenvalue weighted by Crippen LogP contribution is 1.93. The lowest BCUT2D eigenvalue weighted by Crippen LogP contribution is -1.75. The van der Waals surface area contributed by atoms with Crippen LogP contribution in [0.15, 0.2) is 0 Å². The SMILES string of the molecule is CC.CN1CC1.[B]. The Balaban J connectivity index is 0. The van der Waals surface area contributed by atoms with Gasteiger partial charge in [0.25, 0.3) is 0 Å². The summed E-state index contributed by atoms with van der Waals surface area (Å²) >= 11 is 0. The lowest BCUT2D eigenvalue weighted by atomic mass is 10.8. The first-order valence-electron chi connectivity index (χ1n) is 2.58. The first kappa shape index (κ1) is 10.1. The Hall–Kier alpha value is 0.0249. The van der Waals surface area contributed by atoms with Gasteiger partial charge in [0.15, 0.2) is 0 Å².